The van der Waals surface area contributed by atoms with Gasteiger partial charge in [0.15, 0.2) is 0 Å². The van der Waals surface area contributed by atoms with Crippen LogP contribution in [-0.4, -0.2) is 4.57 Å². The van der Waals surface area contributed by atoms with Crippen molar-refractivity contribution >= 4 is 43.7 Å². The minimum atomic E-state index is 0.141. The molecule has 5 aromatic rings. The SMILES string of the molecule is Cn1c2cc(C(C)(C)C)ccc2c2ccc3oc4ccccc4c3c21. The lowest BCUT2D eigenvalue weighted by Crippen LogP contribution is -2.10. The number of hydrogen-bond donors (Lipinski definition) is 0. The molecule has 0 fully saturated rings. The smallest absolute Gasteiger partial charge is 0.137 e. The molecule has 2 aromatic heterocycles. The zero-order valence-corrected chi connectivity index (χ0v) is 15.1. The summed E-state index contributed by atoms with van der Waals surface area (Å²) in [5.74, 6) is 0. The third-order valence-corrected chi connectivity index (χ3v) is 5.37. The molecule has 5 rings (SSSR count). The van der Waals surface area contributed by atoms with Gasteiger partial charge in [0.25, 0.3) is 0 Å². The number of fused-ring (bicyclic) bond motifs is 7. The van der Waals surface area contributed by atoms with Gasteiger partial charge >= 0.3 is 0 Å². The van der Waals surface area contributed by atoms with Crippen LogP contribution in [0.25, 0.3) is 43.7 Å². The number of rotatable bonds is 0. The monoisotopic (exact) mass is 327 g/mol. The molecule has 2 nitrogen and oxygen atoms in total. The molecule has 2 heterocycles. The standard InChI is InChI=1S/C23H21NO/c1-23(2,3)14-9-10-15-16-11-12-20-21(22(16)24(4)18(15)13-14)17-7-5-6-8-19(17)25-20/h5-13H,1-4H3. The molecule has 0 atom stereocenters. The first-order valence-electron chi connectivity index (χ1n) is 8.78. The Morgan fingerprint density at radius 1 is 0.800 bits per heavy atom. The molecule has 124 valence electrons. The van der Waals surface area contributed by atoms with Gasteiger partial charge in [-0.2, -0.15) is 0 Å². The molecule has 0 N–H and O–H groups in total. The number of furan rings is 1. The van der Waals surface area contributed by atoms with Crippen molar-refractivity contribution < 1.29 is 4.42 Å². The van der Waals surface area contributed by atoms with Crippen LogP contribution in [-0.2, 0) is 12.5 Å². The third kappa shape index (κ3) is 1.91. The molecule has 2 heteroatoms. The Morgan fingerprint density at radius 3 is 2.36 bits per heavy atom. The minimum Gasteiger partial charge on any atom is -0.456 e. The third-order valence-electron chi connectivity index (χ3n) is 5.37. The second-order valence-electron chi connectivity index (χ2n) is 7.97. The van der Waals surface area contributed by atoms with Crippen molar-refractivity contribution in [3.8, 4) is 0 Å². The van der Waals surface area contributed by atoms with E-state index in [0.717, 1.165) is 11.2 Å². The van der Waals surface area contributed by atoms with Crippen LogP contribution in [0.15, 0.2) is 59.0 Å². The van der Waals surface area contributed by atoms with Crippen molar-refractivity contribution in [3.63, 3.8) is 0 Å². The van der Waals surface area contributed by atoms with Gasteiger partial charge in [0.2, 0.25) is 0 Å². The van der Waals surface area contributed by atoms with E-state index in [4.69, 9.17) is 4.42 Å². The van der Waals surface area contributed by atoms with Crippen molar-refractivity contribution in [1.82, 2.24) is 4.57 Å². The Hall–Kier alpha value is -2.74. The summed E-state index contributed by atoms with van der Waals surface area (Å²) in [6, 6.07) is 19.5. The number of para-hydroxylation sites is 1. The number of aromatic nitrogens is 1. The number of aryl methyl sites for hydroxylation is 1. The summed E-state index contributed by atoms with van der Waals surface area (Å²) in [4.78, 5) is 0. The van der Waals surface area contributed by atoms with Crippen LogP contribution in [0.5, 0.6) is 0 Å². The molecule has 0 saturated carbocycles. The van der Waals surface area contributed by atoms with Gasteiger partial charge in [-0.1, -0.05) is 51.1 Å². The summed E-state index contributed by atoms with van der Waals surface area (Å²) in [7, 11) is 2.16. The lowest BCUT2D eigenvalue weighted by molar-refractivity contribution is 0.591. The first kappa shape index (κ1) is 14.6. The summed E-state index contributed by atoms with van der Waals surface area (Å²) in [6.07, 6.45) is 0. The highest BCUT2D eigenvalue weighted by atomic mass is 16.3. The molecule has 0 unspecified atom stereocenters. The van der Waals surface area contributed by atoms with Gasteiger partial charge in [-0.05, 0) is 35.2 Å². The van der Waals surface area contributed by atoms with E-state index in [1.54, 1.807) is 0 Å². The summed E-state index contributed by atoms with van der Waals surface area (Å²) in [5.41, 5.74) is 5.94. The van der Waals surface area contributed by atoms with Crippen molar-refractivity contribution in [3.05, 3.63) is 60.2 Å². The van der Waals surface area contributed by atoms with E-state index in [9.17, 15) is 0 Å². The fourth-order valence-corrected chi connectivity index (χ4v) is 3.99. The van der Waals surface area contributed by atoms with E-state index >= 15 is 0 Å². The lowest BCUT2D eigenvalue weighted by atomic mass is 9.86. The van der Waals surface area contributed by atoms with Crippen molar-refractivity contribution in [2.24, 2.45) is 7.05 Å². The van der Waals surface area contributed by atoms with Gasteiger partial charge in [0.1, 0.15) is 11.2 Å². The van der Waals surface area contributed by atoms with Gasteiger partial charge in [-0.25, -0.2) is 0 Å². The van der Waals surface area contributed by atoms with Crippen LogP contribution in [0.4, 0.5) is 0 Å². The zero-order chi connectivity index (χ0) is 17.3. The fourth-order valence-electron chi connectivity index (χ4n) is 3.99. The number of nitrogens with zero attached hydrogens (tertiary/aromatic N) is 1. The molecular weight excluding hydrogens is 306 g/mol. The Balaban J connectivity index is 2.01. The van der Waals surface area contributed by atoms with Crippen LogP contribution in [0.3, 0.4) is 0 Å². The molecule has 3 aromatic carbocycles. The summed E-state index contributed by atoms with van der Waals surface area (Å²) in [5, 5.41) is 4.99. The van der Waals surface area contributed by atoms with Gasteiger partial charge < -0.3 is 8.98 Å². The average Bonchev–Trinajstić information content (AvgIpc) is 3.10. The van der Waals surface area contributed by atoms with E-state index in [2.05, 4.69) is 74.9 Å². The highest BCUT2D eigenvalue weighted by Crippen LogP contribution is 2.39. The van der Waals surface area contributed by atoms with Gasteiger partial charge in [-0.15, -0.1) is 0 Å². The Bertz CT molecular complexity index is 1280. The second kappa shape index (κ2) is 4.66. The first-order chi connectivity index (χ1) is 11.9. The highest BCUT2D eigenvalue weighted by Gasteiger charge is 2.19. The fraction of sp³-hybridized carbons (Fsp3) is 0.217. The summed E-state index contributed by atoms with van der Waals surface area (Å²) in [6.45, 7) is 6.79. The summed E-state index contributed by atoms with van der Waals surface area (Å²) >= 11 is 0. The van der Waals surface area contributed by atoms with Crippen LogP contribution in [0.1, 0.15) is 26.3 Å². The lowest BCUT2D eigenvalue weighted by Gasteiger charge is -2.19. The Kier molecular flexibility index (Phi) is 2.72. The van der Waals surface area contributed by atoms with Crippen molar-refractivity contribution in [1.29, 1.82) is 0 Å². The van der Waals surface area contributed by atoms with Crippen LogP contribution < -0.4 is 0 Å². The normalized spacial score (nSPS) is 12.8. The largest absolute Gasteiger partial charge is 0.456 e. The first-order valence-corrected chi connectivity index (χ1v) is 8.78. The maximum atomic E-state index is 6.08. The molecule has 0 amide bonds. The van der Waals surface area contributed by atoms with Crippen molar-refractivity contribution in [2.75, 3.05) is 0 Å². The van der Waals surface area contributed by atoms with E-state index in [-0.39, 0.29) is 5.41 Å². The molecule has 0 radical (unpaired) electrons. The van der Waals surface area contributed by atoms with Crippen LogP contribution in [0.2, 0.25) is 0 Å². The Morgan fingerprint density at radius 2 is 1.56 bits per heavy atom. The van der Waals surface area contributed by atoms with E-state index in [0.29, 0.717) is 0 Å². The summed E-state index contributed by atoms with van der Waals surface area (Å²) < 4.78 is 8.40. The molecule has 0 bridgehead atoms. The second-order valence-corrected chi connectivity index (χ2v) is 7.97. The van der Waals surface area contributed by atoms with E-state index in [1.807, 2.05) is 12.1 Å². The quantitative estimate of drug-likeness (QED) is 0.316. The maximum absolute atomic E-state index is 6.08. The highest BCUT2D eigenvalue weighted by molar-refractivity contribution is 6.23. The van der Waals surface area contributed by atoms with Crippen LogP contribution >= 0.6 is 0 Å². The molecule has 0 spiro atoms. The minimum absolute atomic E-state index is 0.141. The average molecular weight is 327 g/mol. The van der Waals surface area contributed by atoms with Gasteiger partial charge in [-0.3, -0.25) is 0 Å². The molecule has 25 heavy (non-hydrogen) atoms. The predicted octanol–water partition coefficient (Wildman–Crippen LogP) is 6.53. The van der Waals surface area contributed by atoms with Gasteiger partial charge in [0, 0.05) is 28.7 Å². The van der Waals surface area contributed by atoms with Crippen LogP contribution in [0, 0.1) is 0 Å². The van der Waals surface area contributed by atoms with Crippen molar-refractivity contribution in [2.45, 2.75) is 26.2 Å². The number of benzene rings is 3. The molecular formula is C23H21NO. The Labute approximate surface area is 146 Å². The van der Waals surface area contributed by atoms with Gasteiger partial charge in [0.05, 0.1) is 10.9 Å². The molecule has 0 aliphatic rings. The number of hydrogen-bond acceptors (Lipinski definition) is 1. The molecule has 0 saturated heterocycles. The molecule has 0 aliphatic carbocycles. The maximum Gasteiger partial charge on any atom is 0.137 e. The van der Waals surface area contributed by atoms with E-state index in [1.165, 1.54) is 38.1 Å². The zero-order valence-electron chi connectivity index (χ0n) is 15.1. The molecule has 0 aliphatic heterocycles. The predicted molar refractivity (Wildman–Crippen MR) is 106 cm³/mol. The topological polar surface area (TPSA) is 18.1 Å². The van der Waals surface area contributed by atoms with E-state index < -0.39 is 0 Å².